The van der Waals surface area contributed by atoms with E-state index in [1.54, 1.807) is 12.1 Å². The van der Waals surface area contributed by atoms with Crippen LogP contribution in [0.15, 0.2) is 22.7 Å². The van der Waals surface area contributed by atoms with Crippen molar-refractivity contribution in [3.8, 4) is 22.9 Å². The number of nitrogens with zero attached hydrogens (tertiary/aromatic N) is 2. The van der Waals surface area contributed by atoms with Crippen LogP contribution in [0, 0.1) is 0 Å². The predicted octanol–water partition coefficient (Wildman–Crippen LogP) is 3.11. The van der Waals surface area contributed by atoms with E-state index < -0.39 is 0 Å². The number of hydrogen-bond acceptors (Lipinski definition) is 5. The van der Waals surface area contributed by atoms with Gasteiger partial charge in [-0.3, -0.25) is 0 Å². The quantitative estimate of drug-likeness (QED) is 0.914. The van der Waals surface area contributed by atoms with Gasteiger partial charge in [0.15, 0.2) is 11.5 Å². The minimum atomic E-state index is 0.0170. The van der Waals surface area contributed by atoms with Crippen molar-refractivity contribution < 1.29 is 14.4 Å². The second-order valence-electron chi connectivity index (χ2n) is 5.08. The Bertz CT molecular complexity index is 588. The molecular formula is C14H16N2O3. The summed E-state index contributed by atoms with van der Waals surface area (Å²) in [5.41, 5.74) is 0.726. The molecule has 19 heavy (non-hydrogen) atoms. The Kier molecular flexibility index (Phi) is 2.89. The van der Waals surface area contributed by atoms with Gasteiger partial charge in [-0.25, -0.2) is 0 Å². The number of phenolic OH excluding ortho intramolecular Hbond substituents is 1. The van der Waals surface area contributed by atoms with E-state index in [4.69, 9.17) is 9.26 Å². The van der Waals surface area contributed by atoms with Crippen LogP contribution in [-0.4, -0.2) is 21.4 Å². The minimum Gasteiger partial charge on any atom is -0.504 e. The molecule has 1 aromatic carbocycles. The summed E-state index contributed by atoms with van der Waals surface area (Å²) in [6.07, 6.45) is 2.26. The molecule has 2 aromatic rings. The maximum absolute atomic E-state index is 9.92. The van der Waals surface area contributed by atoms with Crippen molar-refractivity contribution >= 4 is 0 Å². The van der Waals surface area contributed by atoms with Crippen molar-refractivity contribution in [2.24, 2.45) is 0 Å². The number of phenols is 1. The van der Waals surface area contributed by atoms with Gasteiger partial charge in [0.1, 0.15) is 0 Å². The first-order valence-electron chi connectivity index (χ1n) is 6.47. The van der Waals surface area contributed by atoms with E-state index in [0.29, 0.717) is 23.4 Å². The van der Waals surface area contributed by atoms with Gasteiger partial charge in [0.2, 0.25) is 11.7 Å². The Morgan fingerprint density at radius 1 is 1.37 bits per heavy atom. The summed E-state index contributed by atoms with van der Waals surface area (Å²) in [4.78, 5) is 4.34. The van der Waals surface area contributed by atoms with Crippen LogP contribution in [0.25, 0.3) is 11.4 Å². The zero-order chi connectivity index (χ0) is 13.4. The summed E-state index contributed by atoms with van der Waals surface area (Å²) in [6, 6.07) is 5.13. The van der Waals surface area contributed by atoms with Gasteiger partial charge in [0.25, 0.3) is 0 Å². The maximum atomic E-state index is 9.92. The van der Waals surface area contributed by atoms with Crippen LogP contribution in [0.4, 0.5) is 0 Å². The highest BCUT2D eigenvalue weighted by atomic mass is 16.5. The standard InChI is InChI=1S/C14H16N2O3/c1-8(2)18-12-6-5-10(7-11(12)17)13-15-14(19-16-13)9-3-4-9/h5-9,17H,3-4H2,1-2H3. The molecule has 0 bridgehead atoms. The van der Waals surface area contributed by atoms with Gasteiger partial charge in [0, 0.05) is 11.5 Å². The van der Waals surface area contributed by atoms with E-state index in [0.717, 1.165) is 18.4 Å². The monoisotopic (exact) mass is 260 g/mol. The van der Waals surface area contributed by atoms with Crippen molar-refractivity contribution in [3.05, 3.63) is 24.1 Å². The van der Waals surface area contributed by atoms with Crippen molar-refractivity contribution in [2.45, 2.75) is 38.7 Å². The fourth-order valence-electron chi connectivity index (χ4n) is 1.86. The van der Waals surface area contributed by atoms with Gasteiger partial charge in [-0.2, -0.15) is 4.98 Å². The number of aromatic hydroxyl groups is 1. The van der Waals surface area contributed by atoms with Crippen LogP contribution >= 0.6 is 0 Å². The van der Waals surface area contributed by atoms with Gasteiger partial charge in [0.05, 0.1) is 6.10 Å². The average Bonchev–Trinajstić information content (AvgIpc) is 3.10. The maximum Gasteiger partial charge on any atom is 0.230 e. The SMILES string of the molecule is CC(C)Oc1ccc(-c2noc(C3CC3)n2)cc1O. The normalized spacial score (nSPS) is 14.9. The topological polar surface area (TPSA) is 68.4 Å². The molecule has 1 aromatic heterocycles. The van der Waals surface area contributed by atoms with Crippen molar-refractivity contribution in [2.75, 3.05) is 0 Å². The number of rotatable bonds is 4. The molecule has 3 rings (SSSR count). The Hall–Kier alpha value is -2.04. The van der Waals surface area contributed by atoms with Crippen molar-refractivity contribution in [1.29, 1.82) is 0 Å². The molecule has 0 atom stereocenters. The molecular weight excluding hydrogens is 244 g/mol. The van der Waals surface area contributed by atoms with Gasteiger partial charge >= 0.3 is 0 Å². The Labute approximate surface area is 111 Å². The lowest BCUT2D eigenvalue weighted by molar-refractivity contribution is 0.232. The molecule has 0 saturated heterocycles. The lowest BCUT2D eigenvalue weighted by atomic mass is 10.2. The van der Waals surface area contributed by atoms with E-state index in [1.807, 2.05) is 19.9 Å². The highest BCUT2D eigenvalue weighted by Gasteiger charge is 2.29. The van der Waals surface area contributed by atoms with E-state index in [-0.39, 0.29) is 11.9 Å². The summed E-state index contributed by atoms with van der Waals surface area (Å²) in [7, 11) is 0. The Morgan fingerprint density at radius 3 is 2.79 bits per heavy atom. The fourth-order valence-corrected chi connectivity index (χ4v) is 1.86. The molecule has 1 saturated carbocycles. The molecule has 0 spiro atoms. The zero-order valence-corrected chi connectivity index (χ0v) is 11.0. The summed E-state index contributed by atoms with van der Waals surface area (Å²) < 4.78 is 10.7. The molecule has 1 aliphatic carbocycles. The second kappa shape index (κ2) is 4.57. The molecule has 0 amide bonds. The van der Waals surface area contributed by atoms with Crippen molar-refractivity contribution in [1.82, 2.24) is 10.1 Å². The van der Waals surface area contributed by atoms with Gasteiger partial charge in [-0.1, -0.05) is 5.16 Å². The summed E-state index contributed by atoms with van der Waals surface area (Å²) in [5, 5.41) is 13.9. The summed E-state index contributed by atoms with van der Waals surface area (Å²) in [6.45, 7) is 3.82. The molecule has 5 nitrogen and oxygen atoms in total. The highest BCUT2D eigenvalue weighted by molar-refractivity contribution is 5.60. The van der Waals surface area contributed by atoms with Gasteiger partial charge < -0.3 is 14.4 Å². The second-order valence-corrected chi connectivity index (χ2v) is 5.08. The molecule has 1 fully saturated rings. The van der Waals surface area contributed by atoms with Crippen molar-refractivity contribution in [3.63, 3.8) is 0 Å². The molecule has 1 aliphatic rings. The van der Waals surface area contributed by atoms with Crippen LogP contribution in [0.2, 0.25) is 0 Å². The van der Waals surface area contributed by atoms with E-state index in [9.17, 15) is 5.11 Å². The molecule has 1 heterocycles. The number of hydrogen-bond donors (Lipinski definition) is 1. The van der Waals surface area contributed by atoms with Crippen LogP contribution in [-0.2, 0) is 0 Å². The third kappa shape index (κ3) is 2.54. The van der Waals surface area contributed by atoms with E-state index in [1.165, 1.54) is 0 Å². The lowest BCUT2D eigenvalue weighted by Gasteiger charge is -2.11. The summed E-state index contributed by atoms with van der Waals surface area (Å²) in [5.74, 6) is 2.18. The van der Waals surface area contributed by atoms with Crippen LogP contribution in [0.1, 0.15) is 38.5 Å². The number of benzene rings is 1. The Morgan fingerprint density at radius 2 is 2.16 bits per heavy atom. The third-order valence-electron chi connectivity index (χ3n) is 2.95. The third-order valence-corrected chi connectivity index (χ3v) is 2.95. The largest absolute Gasteiger partial charge is 0.504 e. The lowest BCUT2D eigenvalue weighted by Crippen LogP contribution is -2.05. The van der Waals surface area contributed by atoms with Crippen LogP contribution in [0.5, 0.6) is 11.5 Å². The molecule has 5 heteroatoms. The molecule has 0 unspecified atom stereocenters. The fraction of sp³-hybridized carbons (Fsp3) is 0.429. The number of aromatic nitrogens is 2. The minimum absolute atomic E-state index is 0.0170. The smallest absolute Gasteiger partial charge is 0.230 e. The first kappa shape index (κ1) is 12.0. The predicted molar refractivity (Wildman–Crippen MR) is 69.1 cm³/mol. The first-order valence-corrected chi connectivity index (χ1v) is 6.47. The van der Waals surface area contributed by atoms with Gasteiger partial charge in [-0.05, 0) is 44.9 Å². The Balaban J connectivity index is 1.85. The van der Waals surface area contributed by atoms with Crippen LogP contribution in [0.3, 0.4) is 0 Å². The van der Waals surface area contributed by atoms with E-state index in [2.05, 4.69) is 10.1 Å². The first-order chi connectivity index (χ1) is 9.13. The highest BCUT2D eigenvalue weighted by Crippen LogP contribution is 2.40. The summed E-state index contributed by atoms with van der Waals surface area (Å²) >= 11 is 0. The molecule has 0 radical (unpaired) electrons. The zero-order valence-electron chi connectivity index (χ0n) is 11.0. The molecule has 100 valence electrons. The van der Waals surface area contributed by atoms with Crippen LogP contribution < -0.4 is 4.74 Å². The molecule has 0 aliphatic heterocycles. The molecule has 1 N–H and O–H groups in total. The average molecular weight is 260 g/mol. The van der Waals surface area contributed by atoms with E-state index >= 15 is 0 Å². The van der Waals surface area contributed by atoms with Gasteiger partial charge in [-0.15, -0.1) is 0 Å². The number of ether oxygens (including phenoxy) is 1.